The summed E-state index contributed by atoms with van der Waals surface area (Å²) in [5, 5.41) is 20.8. The molecule has 1 fully saturated rings. The summed E-state index contributed by atoms with van der Waals surface area (Å²) >= 11 is 0. The highest BCUT2D eigenvalue weighted by Crippen LogP contribution is 2.56. The molecule has 0 bridgehead atoms. The van der Waals surface area contributed by atoms with Crippen LogP contribution in [0.1, 0.15) is 48.0 Å². The zero-order chi connectivity index (χ0) is 14.6. The lowest BCUT2D eigenvalue weighted by Gasteiger charge is -2.63. The van der Waals surface area contributed by atoms with Crippen LogP contribution in [0.4, 0.5) is 0 Å². The van der Waals surface area contributed by atoms with Crippen LogP contribution < -0.4 is 0 Å². The minimum Gasteiger partial charge on any atom is -0.480 e. The van der Waals surface area contributed by atoms with Crippen molar-refractivity contribution in [1.29, 1.82) is 0 Å². The summed E-state index contributed by atoms with van der Waals surface area (Å²) in [6.45, 7) is 11.9. The van der Waals surface area contributed by atoms with Crippen LogP contribution in [0.2, 0.25) is 0 Å². The van der Waals surface area contributed by atoms with Crippen molar-refractivity contribution in [2.75, 3.05) is 13.6 Å². The van der Waals surface area contributed by atoms with E-state index in [4.69, 9.17) is 0 Å². The summed E-state index contributed by atoms with van der Waals surface area (Å²) in [6, 6.07) is 0. The Morgan fingerprint density at radius 1 is 1.22 bits per heavy atom. The van der Waals surface area contributed by atoms with Crippen molar-refractivity contribution in [3.8, 4) is 0 Å². The van der Waals surface area contributed by atoms with Crippen LogP contribution in [0.5, 0.6) is 0 Å². The molecule has 0 aromatic rings. The Balaban J connectivity index is 3.44. The van der Waals surface area contributed by atoms with Gasteiger partial charge < -0.3 is 10.2 Å². The normalized spacial score (nSPS) is 37.6. The summed E-state index contributed by atoms with van der Waals surface area (Å²) < 4.78 is 0. The van der Waals surface area contributed by atoms with Gasteiger partial charge in [0, 0.05) is 12.0 Å². The van der Waals surface area contributed by atoms with Crippen LogP contribution >= 0.6 is 0 Å². The van der Waals surface area contributed by atoms with Gasteiger partial charge in [0.05, 0.1) is 5.60 Å². The number of piperidine rings is 1. The summed E-state index contributed by atoms with van der Waals surface area (Å²) in [7, 11) is 1.82. The van der Waals surface area contributed by atoms with E-state index in [1.807, 2.05) is 46.6 Å². The van der Waals surface area contributed by atoms with Gasteiger partial charge in [-0.3, -0.25) is 9.69 Å². The first-order chi connectivity index (χ1) is 7.82. The molecule has 1 aliphatic rings. The number of aliphatic hydroxyl groups is 1. The fraction of sp³-hybridized carbons (Fsp3) is 0.929. The lowest BCUT2D eigenvalue weighted by molar-refractivity contribution is -0.232. The number of carboxylic acids is 1. The summed E-state index contributed by atoms with van der Waals surface area (Å²) in [5.41, 5.74) is -3.21. The van der Waals surface area contributed by atoms with Gasteiger partial charge in [0.1, 0.15) is 5.54 Å². The number of hydrogen-bond acceptors (Lipinski definition) is 3. The van der Waals surface area contributed by atoms with E-state index < -0.39 is 22.5 Å². The molecule has 2 N–H and O–H groups in total. The third-order valence-electron chi connectivity index (χ3n) is 5.48. The van der Waals surface area contributed by atoms with Crippen LogP contribution in [-0.4, -0.2) is 45.8 Å². The maximum Gasteiger partial charge on any atom is 0.324 e. The highest BCUT2D eigenvalue weighted by molar-refractivity contribution is 5.80. The molecule has 1 saturated heterocycles. The summed E-state index contributed by atoms with van der Waals surface area (Å²) in [5.74, 6) is -0.877. The predicted octanol–water partition coefficient (Wildman–Crippen LogP) is 1.97. The Bertz CT molecular complexity index is 359. The van der Waals surface area contributed by atoms with Gasteiger partial charge >= 0.3 is 5.97 Å². The molecule has 4 nitrogen and oxygen atoms in total. The number of likely N-dealkylation sites (N-methyl/N-ethyl adjacent to an activating group) is 1. The third kappa shape index (κ3) is 1.62. The molecule has 0 radical (unpaired) electrons. The summed E-state index contributed by atoms with van der Waals surface area (Å²) in [6.07, 6.45) is 0.586. The van der Waals surface area contributed by atoms with Gasteiger partial charge in [0.15, 0.2) is 0 Å². The SMILES string of the molecule is CN1CCC(O)(C(C)(C)C)C(C)(C)C1(C)C(=O)O. The first-order valence-electron chi connectivity index (χ1n) is 6.49. The van der Waals surface area contributed by atoms with Crippen molar-refractivity contribution in [2.24, 2.45) is 10.8 Å². The fourth-order valence-corrected chi connectivity index (χ4v) is 3.49. The van der Waals surface area contributed by atoms with Crippen molar-refractivity contribution in [1.82, 2.24) is 4.90 Å². The predicted molar refractivity (Wildman–Crippen MR) is 71.5 cm³/mol. The second-order valence-electron chi connectivity index (χ2n) is 7.28. The number of rotatable bonds is 1. The maximum absolute atomic E-state index is 11.8. The van der Waals surface area contributed by atoms with E-state index in [1.54, 1.807) is 6.92 Å². The largest absolute Gasteiger partial charge is 0.480 e. The minimum atomic E-state index is -1.08. The van der Waals surface area contributed by atoms with Crippen LogP contribution in [0.15, 0.2) is 0 Å². The number of likely N-dealkylation sites (tertiary alicyclic amines) is 1. The molecule has 2 unspecified atom stereocenters. The highest BCUT2D eigenvalue weighted by Gasteiger charge is 2.66. The van der Waals surface area contributed by atoms with E-state index in [0.717, 1.165) is 0 Å². The molecular formula is C14H27NO3. The van der Waals surface area contributed by atoms with Crippen LogP contribution in [-0.2, 0) is 4.79 Å². The van der Waals surface area contributed by atoms with Crippen molar-refractivity contribution < 1.29 is 15.0 Å². The van der Waals surface area contributed by atoms with Crippen molar-refractivity contribution in [2.45, 2.75) is 59.1 Å². The van der Waals surface area contributed by atoms with Crippen LogP contribution in [0.3, 0.4) is 0 Å². The average Bonchev–Trinajstić information content (AvgIpc) is 2.19. The van der Waals surface area contributed by atoms with Crippen LogP contribution in [0, 0.1) is 10.8 Å². The van der Waals surface area contributed by atoms with Gasteiger partial charge in [-0.1, -0.05) is 34.6 Å². The second-order valence-corrected chi connectivity index (χ2v) is 7.28. The number of carbonyl (C=O) groups is 1. The molecule has 1 aliphatic heterocycles. The Hall–Kier alpha value is -0.610. The molecule has 2 atom stereocenters. The zero-order valence-electron chi connectivity index (χ0n) is 12.7. The van der Waals surface area contributed by atoms with E-state index in [2.05, 4.69) is 0 Å². The Morgan fingerprint density at radius 2 is 1.67 bits per heavy atom. The molecule has 18 heavy (non-hydrogen) atoms. The van der Waals surface area contributed by atoms with E-state index in [-0.39, 0.29) is 5.41 Å². The van der Waals surface area contributed by atoms with Crippen molar-refractivity contribution >= 4 is 5.97 Å². The first-order valence-corrected chi connectivity index (χ1v) is 6.49. The van der Waals surface area contributed by atoms with Crippen LogP contribution in [0.25, 0.3) is 0 Å². The highest BCUT2D eigenvalue weighted by atomic mass is 16.4. The van der Waals surface area contributed by atoms with Gasteiger partial charge in [-0.25, -0.2) is 0 Å². The Morgan fingerprint density at radius 3 is 2.00 bits per heavy atom. The van der Waals surface area contributed by atoms with Gasteiger partial charge in [-0.2, -0.15) is 0 Å². The number of carboxylic acid groups (broad SMARTS) is 1. The monoisotopic (exact) mass is 257 g/mol. The van der Waals surface area contributed by atoms with E-state index in [9.17, 15) is 15.0 Å². The number of aliphatic carboxylic acids is 1. The second kappa shape index (κ2) is 3.94. The first kappa shape index (κ1) is 15.4. The molecule has 0 aromatic carbocycles. The van der Waals surface area contributed by atoms with Gasteiger partial charge in [-0.05, 0) is 25.8 Å². The minimum absolute atomic E-state index is 0.367. The van der Waals surface area contributed by atoms with E-state index in [1.165, 1.54) is 0 Å². The summed E-state index contributed by atoms with van der Waals surface area (Å²) in [4.78, 5) is 13.6. The molecular weight excluding hydrogens is 230 g/mol. The quantitative estimate of drug-likeness (QED) is 0.754. The lowest BCUT2D eigenvalue weighted by Crippen LogP contribution is -2.74. The Kier molecular flexibility index (Phi) is 3.38. The number of hydrogen-bond donors (Lipinski definition) is 2. The molecule has 0 amide bonds. The molecule has 106 valence electrons. The van der Waals surface area contributed by atoms with Crippen molar-refractivity contribution in [3.63, 3.8) is 0 Å². The van der Waals surface area contributed by atoms with Gasteiger partial charge in [-0.15, -0.1) is 0 Å². The van der Waals surface area contributed by atoms with E-state index >= 15 is 0 Å². The third-order valence-corrected chi connectivity index (χ3v) is 5.48. The van der Waals surface area contributed by atoms with Crippen molar-refractivity contribution in [3.05, 3.63) is 0 Å². The van der Waals surface area contributed by atoms with E-state index in [0.29, 0.717) is 13.0 Å². The topological polar surface area (TPSA) is 60.8 Å². The maximum atomic E-state index is 11.8. The van der Waals surface area contributed by atoms with Gasteiger partial charge in [0.25, 0.3) is 0 Å². The van der Waals surface area contributed by atoms with Gasteiger partial charge in [0.2, 0.25) is 0 Å². The zero-order valence-corrected chi connectivity index (χ0v) is 12.7. The molecule has 4 heteroatoms. The Labute approximate surface area is 110 Å². The molecule has 0 aromatic heterocycles. The number of nitrogens with zero attached hydrogens (tertiary/aromatic N) is 1. The molecule has 1 heterocycles. The smallest absolute Gasteiger partial charge is 0.324 e. The average molecular weight is 257 g/mol. The lowest BCUT2D eigenvalue weighted by atomic mass is 9.51. The molecule has 1 rings (SSSR count). The molecule has 0 aliphatic carbocycles. The standard InChI is InChI=1S/C14H27NO3/c1-11(2,3)14(18)8-9-15(7)13(6,10(16)17)12(14,4)5/h18H,8-9H2,1-7H3,(H,16,17). The molecule has 0 spiro atoms. The fourth-order valence-electron chi connectivity index (χ4n) is 3.49. The molecule has 0 saturated carbocycles.